The number of hydrogen-bond acceptors (Lipinski definition) is 2. The highest BCUT2D eigenvalue weighted by molar-refractivity contribution is 5.87. The number of carboxylic acid groups (broad SMARTS) is 1. The van der Waals surface area contributed by atoms with Gasteiger partial charge in [-0.1, -0.05) is 19.3 Å². The summed E-state index contributed by atoms with van der Waals surface area (Å²) < 4.78 is 0. The number of hydrogen-bond donors (Lipinski definition) is 2. The van der Waals surface area contributed by atoms with E-state index in [1.807, 2.05) is 12.1 Å². The maximum atomic E-state index is 10.7. The molecule has 1 aliphatic rings. The van der Waals surface area contributed by atoms with Gasteiger partial charge in [0.25, 0.3) is 0 Å². The van der Waals surface area contributed by atoms with Gasteiger partial charge in [-0.25, -0.2) is 4.79 Å². The number of aromatic carboxylic acids is 1. The van der Waals surface area contributed by atoms with Gasteiger partial charge in [-0.2, -0.15) is 0 Å². The topological polar surface area (TPSA) is 49.3 Å². The second-order valence-electron chi connectivity index (χ2n) is 4.96. The van der Waals surface area contributed by atoms with Gasteiger partial charge in [-0.3, -0.25) is 0 Å². The van der Waals surface area contributed by atoms with Crippen LogP contribution in [0.2, 0.25) is 0 Å². The lowest BCUT2D eigenvalue weighted by molar-refractivity contribution is 0.0697. The van der Waals surface area contributed by atoms with E-state index >= 15 is 0 Å². The number of carboxylic acids is 1. The van der Waals surface area contributed by atoms with Gasteiger partial charge < -0.3 is 10.4 Å². The molecule has 0 saturated heterocycles. The van der Waals surface area contributed by atoms with E-state index in [-0.39, 0.29) is 0 Å². The molecule has 3 heteroatoms. The number of benzene rings is 1. The molecule has 1 aromatic carbocycles. The zero-order valence-corrected chi connectivity index (χ0v) is 10.1. The van der Waals surface area contributed by atoms with Crippen LogP contribution in [-0.4, -0.2) is 17.1 Å². The Morgan fingerprint density at radius 2 is 2.06 bits per heavy atom. The van der Waals surface area contributed by atoms with Gasteiger partial charge in [-0.15, -0.1) is 0 Å². The van der Waals surface area contributed by atoms with E-state index in [9.17, 15) is 4.79 Å². The molecule has 92 valence electrons. The quantitative estimate of drug-likeness (QED) is 0.819. The Kier molecular flexibility index (Phi) is 3.67. The van der Waals surface area contributed by atoms with Crippen LogP contribution in [0.25, 0.3) is 0 Å². The molecule has 1 saturated carbocycles. The van der Waals surface area contributed by atoms with Gasteiger partial charge in [0.1, 0.15) is 0 Å². The standard InChI is InChI=1S/C14H19NO2/c1-10(9-11-3-2-4-11)15-13-7-5-12(6-8-13)14(16)17/h5-8,10-11,15H,2-4,9H2,1H3,(H,16,17). The molecule has 0 spiro atoms. The van der Waals surface area contributed by atoms with Crippen molar-refractivity contribution in [2.24, 2.45) is 5.92 Å². The summed E-state index contributed by atoms with van der Waals surface area (Å²) in [6.07, 6.45) is 5.32. The Morgan fingerprint density at radius 1 is 1.41 bits per heavy atom. The van der Waals surface area contributed by atoms with Crippen molar-refractivity contribution in [2.45, 2.75) is 38.6 Å². The summed E-state index contributed by atoms with van der Waals surface area (Å²) in [6.45, 7) is 2.18. The molecule has 1 aliphatic carbocycles. The van der Waals surface area contributed by atoms with Crippen molar-refractivity contribution < 1.29 is 9.90 Å². The first-order valence-corrected chi connectivity index (χ1v) is 6.25. The number of nitrogens with one attached hydrogen (secondary N) is 1. The van der Waals surface area contributed by atoms with Crippen LogP contribution in [0, 0.1) is 5.92 Å². The molecule has 0 aliphatic heterocycles. The molecule has 3 nitrogen and oxygen atoms in total. The van der Waals surface area contributed by atoms with Crippen LogP contribution in [0.15, 0.2) is 24.3 Å². The molecule has 1 fully saturated rings. The smallest absolute Gasteiger partial charge is 0.335 e. The van der Waals surface area contributed by atoms with E-state index in [2.05, 4.69) is 12.2 Å². The molecule has 2 N–H and O–H groups in total. The lowest BCUT2D eigenvalue weighted by Crippen LogP contribution is -2.23. The second kappa shape index (κ2) is 5.21. The lowest BCUT2D eigenvalue weighted by Gasteiger charge is -2.28. The molecule has 0 heterocycles. The molecule has 1 unspecified atom stereocenters. The first kappa shape index (κ1) is 12.0. The van der Waals surface area contributed by atoms with Crippen LogP contribution in [0.5, 0.6) is 0 Å². The monoisotopic (exact) mass is 233 g/mol. The number of anilines is 1. The van der Waals surface area contributed by atoms with Crippen molar-refractivity contribution in [1.82, 2.24) is 0 Å². The van der Waals surface area contributed by atoms with Crippen molar-refractivity contribution in [1.29, 1.82) is 0 Å². The Labute approximate surface area is 102 Å². The fourth-order valence-corrected chi connectivity index (χ4v) is 2.28. The summed E-state index contributed by atoms with van der Waals surface area (Å²) in [5, 5.41) is 12.2. The first-order chi connectivity index (χ1) is 8.15. The van der Waals surface area contributed by atoms with Crippen LogP contribution in [0.4, 0.5) is 5.69 Å². The third kappa shape index (κ3) is 3.22. The van der Waals surface area contributed by atoms with Crippen LogP contribution >= 0.6 is 0 Å². The Balaban J connectivity index is 1.86. The van der Waals surface area contributed by atoms with Crippen molar-refractivity contribution in [3.05, 3.63) is 29.8 Å². The lowest BCUT2D eigenvalue weighted by atomic mass is 9.81. The fourth-order valence-electron chi connectivity index (χ4n) is 2.28. The minimum absolute atomic E-state index is 0.335. The van der Waals surface area contributed by atoms with Crippen LogP contribution < -0.4 is 5.32 Å². The van der Waals surface area contributed by atoms with Crippen molar-refractivity contribution in [3.8, 4) is 0 Å². The highest BCUT2D eigenvalue weighted by atomic mass is 16.4. The summed E-state index contributed by atoms with van der Waals surface area (Å²) in [7, 11) is 0. The third-order valence-corrected chi connectivity index (χ3v) is 3.46. The molecule has 0 aromatic heterocycles. The molecule has 0 bridgehead atoms. The summed E-state index contributed by atoms with van der Waals surface area (Å²) >= 11 is 0. The highest BCUT2D eigenvalue weighted by Gasteiger charge is 2.19. The maximum absolute atomic E-state index is 10.7. The molecule has 17 heavy (non-hydrogen) atoms. The maximum Gasteiger partial charge on any atom is 0.335 e. The predicted molar refractivity (Wildman–Crippen MR) is 68.4 cm³/mol. The van der Waals surface area contributed by atoms with Gasteiger partial charge in [-0.05, 0) is 43.5 Å². The second-order valence-corrected chi connectivity index (χ2v) is 4.96. The molecule has 1 aromatic rings. The largest absolute Gasteiger partial charge is 0.478 e. The van der Waals surface area contributed by atoms with E-state index in [0.29, 0.717) is 11.6 Å². The Morgan fingerprint density at radius 3 is 2.53 bits per heavy atom. The predicted octanol–water partition coefficient (Wildman–Crippen LogP) is 3.38. The normalized spacial score (nSPS) is 17.2. The first-order valence-electron chi connectivity index (χ1n) is 6.25. The van der Waals surface area contributed by atoms with Crippen LogP contribution in [-0.2, 0) is 0 Å². The zero-order valence-electron chi connectivity index (χ0n) is 10.1. The Hall–Kier alpha value is -1.51. The van der Waals surface area contributed by atoms with Gasteiger partial charge in [0.15, 0.2) is 0 Å². The summed E-state index contributed by atoms with van der Waals surface area (Å²) in [5.74, 6) is 0.00913. The minimum atomic E-state index is -0.876. The molecular formula is C14H19NO2. The zero-order chi connectivity index (χ0) is 12.3. The number of rotatable bonds is 5. The summed E-state index contributed by atoms with van der Waals surface area (Å²) in [5.41, 5.74) is 1.34. The van der Waals surface area contributed by atoms with Gasteiger partial charge >= 0.3 is 5.97 Å². The highest BCUT2D eigenvalue weighted by Crippen LogP contribution is 2.31. The number of carbonyl (C=O) groups is 1. The third-order valence-electron chi connectivity index (χ3n) is 3.46. The van der Waals surface area contributed by atoms with Crippen molar-refractivity contribution in [3.63, 3.8) is 0 Å². The van der Waals surface area contributed by atoms with E-state index in [4.69, 9.17) is 5.11 Å². The van der Waals surface area contributed by atoms with Crippen molar-refractivity contribution >= 4 is 11.7 Å². The van der Waals surface area contributed by atoms with E-state index in [0.717, 1.165) is 11.6 Å². The molecular weight excluding hydrogens is 214 g/mol. The minimum Gasteiger partial charge on any atom is -0.478 e. The summed E-state index contributed by atoms with van der Waals surface area (Å²) in [4.78, 5) is 10.7. The average molecular weight is 233 g/mol. The van der Waals surface area contributed by atoms with Crippen LogP contribution in [0.1, 0.15) is 43.0 Å². The average Bonchev–Trinajstić information content (AvgIpc) is 2.24. The Bertz CT molecular complexity index is 382. The molecule has 0 radical (unpaired) electrons. The van der Waals surface area contributed by atoms with E-state index in [1.165, 1.54) is 25.7 Å². The van der Waals surface area contributed by atoms with Crippen molar-refractivity contribution in [2.75, 3.05) is 5.32 Å². The van der Waals surface area contributed by atoms with E-state index in [1.54, 1.807) is 12.1 Å². The molecule has 1 atom stereocenters. The van der Waals surface area contributed by atoms with Gasteiger partial charge in [0, 0.05) is 11.7 Å². The fraction of sp³-hybridized carbons (Fsp3) is 0.500. The summed E-state index contributed by atoms with van der Waals surface area (Å²) in [6, 6.07) is 7.40. The van der Waals surface area contributed by atoms with E-state index < -0.39 is 5.97 Å². The van der Waals surface area contributed by atoms with Gasteiger partial charge in [0.2, 0.25) is 0 Å². The molecule has 2 rings (SSSR count). The molecule has 0 amide bonds. The SMILES string of the molecule is CC(CC1CCC1)Nc1ccc(C(=O)O)cc1. The van der Waals surface area contributed by atoms with Gasteiger partial charge in [0.05, 0.1) is 5.56 Å². The van der Waals surface area contributed by atoms with Crippen LogP contribution in [0.3, 0.4) is 0 Å².